The first-order chi connectivity index (χ1) is 11.5. The van der Waals surface area contributed by atoms with Gasteiger partial charge in [0.25, 0.3) is 11.6 Å². The van der Waals surface area contributed by atoms with Crippen LogP contribution in [0.2, 0.25) is 0 Å². The monoisotopic (exact) mass is 325 g/mol. The zero-order valence-electron chi connectivity index (χ0n) is 13.4. The summed E-state index contributed by atoms with van der Waals surface area (Å²) in [6.07, 6.45) is 1.95. The fraction of sp³-hybridized carbons (Fsp3) is 0.278. The summed E-state index contributed by atoms with van der Waals surface area (Å²) in [5, 5.41) is 17.4. The van der Waals surface area contributed by atoms with Crippen LogP contribution in [-0.2, 0) is 0 Å². The third-order valence-corrected chi connectivity index (χ3v) is 4.04. The molecule has 1 saturated carbocycles. The number of nitro benzene ring substituents is 1. The molecule has 0 heterocycles. The summed E-state index contributed by atoms with van der Waals surface area (Å²) in [7, 11) is 0. The molecule has 1 atom stereocenters. The van der Waals surface area contributed by atoms with Gasteiger partial charge in [0.15, 0.2) is 0 Å². The van der Waals surface area contributed by atoms with Crippen LogP contribution in [0.15, 0.2) is 48.5 Å². The summed E-state index contributed by atoms with van der Waals surface area (Å²) in [5.41, 5.74) is 1.65. The molecule has 0 radical (unpaired) electrons. The molecule has 1 aliphatic rings. The number of carbonyl (C=O) groups excluding carboxylic acids is 1. The Kier molecular flexibility index (Phi) is 4.46. The van der Waals surface area contributed by atoms with Gasteiger partial charge in [0, 0.05) is 23.7 Å². The lowest BCUT2D eigenvalue weighted by atomic mass is 10.1. The minimum atomic E-state index is -0.464. The first kappa shape index (κ1) is 16.0. The van der Waals surface area contributed by atoms with E-state index in [1.54, 1.807) is 12.1 Å². The summed E-state index contributed by atoms with van der Waals surface area (Å²) in [6, 6.07) is 14.4. The molecule has 0 bridgehead atoms. The van der Waals surface area contributed by atoms with E-state index in [9.17, 15) is 14.9 Å². The maximum atomic E-state index is 12.1. The van der Waals surface area contributed by atoms with Crippen molar-refractivity contribution in [2.24, 2.45) is 0 Å². The normalized spacial score (nSPS) is 14.7. The number of hydrogen-bond acceptors (Lipinski definition) is 4. The van der Waals surface area contributed by atoms with E-state index in [1.165, 1.54) is 6.07 Å². The van der Waals surface area contributed by atoms with Crippen molar-refractivity contribution in [3.63, 3.8) is 0 Å². The first-order valence-electron chi connectivity index (χ1n) is 7.95. The molecule has 1 unspecified atom stereocenters. The van der Waals surface area contributed by atoms with Gasteiger partial charge in [-0.2, -0.15) is 0 Å². The highest BCUT2D eigenvalue weighted by atomic mass is 16.6. The van der Waals surface area contributed by atoms with Crippen LogP contribution in [0.1, 0.15) is 41.7 Å². The number of nitrogens with one attached hydrogen (secondary N) is 2. The van der Waals surface area contributed by atoms with E-state index < -0.39 is 4.92 Å². The summed E-state index contributed by atoms with van der Waals surface area (Å²) in [4.78, 5) is 23.0. The molecule has 124 valence electrons. The number of anilines is 1. The highest BCUT2D eigenvalue weighted by molar-refractivity contribution is 5.96. The van der Waals surface area contributed by atoms with Gasteiger partial charge < -0.3 is 10.6 Å². The average molecular weight is 325 g/mol. The van der Waals surface area contributed by atoms with Crippen LogP contribution in [0.5, 0.6) is 0 Å². The lowest BCUT2D eigenvalue weighted by Crippen LogP contribution is -2.25. The van der Waals surface area contributed by atoms with Crippen molar-refractivity contribution in [1.82, 2.24) is 5.32 Å². The van der Waals surface area contributed by atoms with Gasteiger partial charge in [-0.05, 0) is 37.5 Å². The Morgan fingerprint density at radius 3 is 2.54 bits per heavy atom. The van der Waals surface area contributed by atoms with Crippen LogP contribution >= 0.6 is 0 Å². The number of nitro groups is 1. The number of amides is 1. The standard InChI is InChI=1S/C18H19N3O3/c1-12(13-5-3-2-4-6-13)19-16-10-7-14(11-17(16)21(23)24)18(22)20-15-8-9-15/h2-7,10-12,15,19H,8-9H2,1H3,(H,20,22). The van der Waals surface area contributed by atoms with Gasteiger partial charge in [0.05, 0.1) is 4.92 Å². The van der Waals surface area contributed by atoms with E-state index in [1.807, 2.05) is 37.3 Å². The van der Waals surface area contributed by atoms with E-state index in [0.29, 0.717) is 11.3 Å². The van der Waals surface area contributed by atoms with Crippen LogP contribution in [0.25, 0.3) is 0 Å². The molecule has 0 saturated heterocycles. The van der Waals surface area contributed by atoms with Gasteiger partial charge >= 0.3 is 0 Å². The molecule has 2 aromatic carbocycles. The summed E-state index contributed by atoms with van der Waals surface area (Å²) in [5.74, 6) is -0.261. The minimum Gasteiger partial charge on any atom is -0.373 e. The summed E-state index contributed by atoms with van der Waals surface area (Å²) < 4.78 is 0. The fourth-order valence-corrected chi connectivity index (χ4v) is 2.50. The van der Waals surface area contributed by atoms with E-state index in [2.05, 4.69) is 10.6 Å². The Bertz CT molecular complexity index is 757. The maximum Gasteiger partial charge on any atom is 0.293 e. The Morgan fingerprint density at radius 1 is 1.21 bits per heavy atom. The molecule has 0 spiro atoms. The van der Waals surface area contributed by atoms with Gasteiger partial charge in [0.2, 0.25) is 0 Å². The van der Waals surface area contributed by atoms with Crippen molar-refractivity contribution in [2.75, 3.05) is 5.32 Å². The molecular weight excluding hydrogens is 306 g/mol. The van der Waals surface area contributed by atoms with Crippen LogP contribution in [0, 0.1) is 10.1 Å². The zero-order chi connectivity index (χ0) is 17.1. The summed E-state index contributed by atoms with van der Waals surface area (Å²) >= 11 is 0. The number of hydrogen-bond donors (Lipinski definition) is 2. The third-order valence-electron chi connectivity index (χ3n) is 4.04. The molecule has 0 aliphatic heterocycles. The zero-order valence-corrected chi connectivity index (χ0v) is 13.4. The molecular formula is C18H19N3O3. The average Bonchev–Trinajstić information content (AvgIpc) is 3.39. The smallest absolute Gasteiger partial charge is 0.293 e. The van der Waals surface area contributed by atoms with E-state index in [0.717, 1.165) is 18.4 Å². The molecule has 1 aliphatic carbocycles. The lowest BCUT2D eigenvalue weighted by Gasteiger charge is -2.16. The van der Waals surface area contributed by atoms with Crippen LogP contribution in [-0.4, -0.2) is 16.9 Å². The summed E-state index contributed by atoms with van der Waals surface area (Å²) in [6.45, 7) is 1.94. The molecule has 6 nitrogen and oxygen atoms in total. The second-order valence-electron chi connectivity index (χ2n) is 6.01. The predicted molar refractivity (Wildman–Crippen MR) is 92.1 cm³/mol. The number of carbonyl (C=O) groups is 1. The minimum absolute atomic E-state index is 0.0870. The molecule has 2 aromatic rings. The Balaban J connectivity index is 1.81. The van der Waals surface area contributed by atoms with Crippen LogP contribution in [0.3, 0.4) is 0 Å². The molecule has 24 heavy (non-hydrogen) atoms. The molecule has 1 fully saturated rings. The van der Waals surface area contributed by atoms with E-state index in [-0.39, 0.29) is 23.7 Å². The van der Waals surface area contributed by atoms with E-state index in [4.69, 9.17) is 0 Å². The topological polar surface area (TPSA) is 84.3 Å². The SMILES string of the molecule is CC(Nc1ccc(C(=O)NC2CC2)cc1[N+](=O)[O-])c1ccccc1. The Morgan fingerprint density at radius 2 is 1.92 bits per heavy atom. The third kappa shape index (κ3) is 3.71. The second-order valence-corrected chi connectivity index (χ2v) is 6.01. The van der Waals surface area contributed by atoms with Crippen molar-refractivity contribution < 1.29 is 9.72 Å². The van der Waals surface area contributed by atoms with Gasteiger partial charge in [-0.15, -0.1) is 0 Å². The van der Waals surface area contributed by atoms with Crippen LogP contribution < -0.4 is 10.6 Å². The first-order valence-corrected chi connectivity index (χ1v) is 7.95. The van der Waals surface area contributed by atoms with Crippen molar-refractivity contribution in [3.8, 4) is 0 Å². The largest absolute Gasteiger partial charge is 0.373 e. The molecule has 6 heteroatoms. The van der Waals surface area contributed by atoms with Crippen molar-refractivity contribution in [1.29, 1.82) is 0 Å². The predicted octanol–water partition coefficient (Wildman–Crippen LogP) is 3.66. The van der Waals surface area contributed by atoms with Crippen molar-refractivity contribution >= 4 is 17.3 Å². The van der Waals surface area contributed by atoms with Gasteiger partial charge in [0.1, 0.15) is 5.69 Å². The Hall–Kier alpha value is -2.89. The van der Waals surface area contributed by atoms with Crippen LogP contribution in [0.4, 0.5) is 11.4 Å². The van der Waals surface area contributed by atoms with Gasteiger partial charge in [-0.25, -0.2) is 0 Å². The van der Waals surface area contributed by atoms with Crippen molar-refractivity contribution in [2.45, 2.75) is 31.8 Å². The highest BCUT2D eigenvalue weighted by Gasteiger charge is 2.25. The van der Waals surface area contributed by atoms with Gasteiger partial charge in [-0.1, -0.05) is 30.3 Å². The quantitative estimate of drug-likeness (QED) is 0.627. The number of nitrogens with zero attached hydrogens (tertiary/aromatic N) is 1. The molecule has 1 amide bonds. The molecule has 2 N–H and O–H groups in total. The number of benzene rings is 2. The van der Waals surface area contributed by atoms with Gasteiger partial charge in [-0.3, -0.25) is 14.9 Å². The maximum absolute atomic E-state index is 12.1. The molecule has 0 aromatic heterocycles. The fourth-order valence-electron chi connectivity index (χ4n) is 2.50. The Labute approximate surface area is 140 Å². The molecule has 3 rings (SSSR count). The highest BCUT2D eigenvalue weighted by Crippen LogP contribution is 2.29. The van der Waals surface area contributed by atoms with Crippen molar-refractivity contribution in [3.05, 3.63) is 69.8 Å². The van der Waals surface area contributed by atoms with E-state index >= 15 is 0 Å². The lowest BCUT2D eigenvalue weighted by molar-refractivity contribution is -0.384. The number of rotatable bonds is 6. The second kappa shape index (κ2) is 6.70.